The Kier molecular flexibility index (Phi) is 5.92. The largest absolute Gasteiger partial charge is 0.507 e. The number of nitrogens with one attached hydrogen (secondary N) is 1. The van der Waals surface area contributed by atoms with Gasteiger partial charge in [-0.25, -0.2) is 15.4 Å². The molecule has 3 aromatic rings. The van der Waals surface area contributed by atoms with Crippen LogP contribution in [0.1, 0.15) is 15.9 Å². The van der Waals surface area contributed by atoms with Crippen LogP contribution in [0, 0.1) is 10.1 Å². The molecule has 10 heteroatoms. The normalized spacial score (nSPS) is 10.7. The van der Waals surface area contributed by atoms with Crippen LogP contribution < -0.4 is 5.43 Å². The summed E-state index contributed by atoms with van der Waals surface area (Å²) < 4.78 is 0. The van der Waals surface area contributed by atoms with Gasteiger partial charge in [0.1, 0.15) is 5.75 Å². The Labute approximate surface area is 163 Å². The monoisotopic (exact) mass is 395 g/mol. The Bertz CT molecular complexity index is 1040. The molecule has 0 radical (unpaired) electrons. The summed E-state index contributed by atoms with van der Waals surface area (Å²) in [4.78, 5) is 31.3. The number of hydrazone groups is 1. The molecule has 0 fully saturated rings. The van der Waals surface area contributed by atoms with E-state index in [1.165, 1.54) is 24.4 Å². The molecule has 0 atom stereocenters. The first-order valence-electron chi connectivity index (χ1n) is 7.89. The highest BCUT2D eigenvalue weighted by Gasteiger charge is 2.16. The van der Waals surface area contributed by atoms with Gasteiger partial charge in [0.05, 0.1) is 21.6 Å². The summed E-state index contributed by atoms with van der Waals surface area (Å²) >= 11 is 1.07. The van der Waals surface area contributed by atoms with Crippen LogP contribution in [0.15, 0.2) is 76.1 Å². The number of hydrogen-bond donors (Lipinski definition) is 2. The lowest BCUT2D eigenvalue weighted by molar-refractivity contribution is -0.387. The van der Waals surface area contributed by atoms with E-state index in [1.54, 1.807) is 42.7 Å². The van der Waals surface area contributed by atoms with E-state index in [-0.39, 0.29) is 17.0 Å². The van der Waals surface area contributed by atoms with Crippen molar-refractivity contribution in [3.8, 4) is 5.75 Å². The van der Waals surface area contributed by atoms with Gasteiger partial charge in [-0.3, -0.25) is 14.9 Å². The van der Waals surface area contributed by atoms with E-state index in [1.807, 2.05) is 0 Å². The summed E-state index contributed by atoms with van der Waals surface area (Å²) in [7, 11) is 0. The van der Waals surface area contributed by atoms with Crippen LogP contribution in [0.25, 0.3) is 0 Å². The number of nitrogens with zero attached hydrogens (tertiary/aromatic N) is 4. The predicted molar refractivity (Wildman–Crippen MR) is 102 cm³/mol. The number of aromatic nitrogens is 2. The fraction of sp³-hybridized carbons (Fsp3) is 0. The smallest absolute Gasteiger partial charge is 0.283 e. The first-order valence-corrected chi connectivity index (χ1v) is 8.71. The molecular formula is C18H13N5O4S. The number of carbonyl (C=O) groups excluding carboxylic acids is 1. The molecule has 0 saturated carbocycles. The summed E-state index contributed by atoms with van der Waals surface area (Å²) in [5.74, 6) is -0.771. The molecule has 2 aromatic carbocycles. The van der Waals surface area contributed by atoms with Gasteiger partial charge < -0.3 is 5.11 Å². The van der Waals surface area contributed by atoms with E-state index in [0.717, 1.165) is 11.8 Å². The molecule has 0 unspecified atom stereocenters. The van der Waals surface area contributed by atoms with Crippen molar-refractivity contribution < 1.29 is 14.8 Å². The molecule has 0 aliphatic heterocycles. The number of benzene rings is 2. The number of hydrogen-bond acceptors (Lipinski definition) is 8. The lowest BCUT2D eigenvalue weighted by Gasteiger charge is -2.03. The number of phenols is 1. The van der Waals surface area contributed by atoms with E-state index in [0.29, 0.717) is 15.6 Å². The standard InChI is InChI=1S/C18H13N5O4S/c24-15-5-2-1-4-13(15)17(25)22-21-11-12-6-7-16(14(10-12)23(26)27)28-18-19-8-3-9-20-18/h1-11,24H,(H,22,25)/b21-11+. The second-order valence-electron chi connectivity index (χ2n) is 5.33. The minimum atomic E-state index is -0.600. The third kappa shape index (κ3) is 4.68. The number of aromatic hydroxyl groups is 1. The Hall–Kier alpha value is -3.79. The second-order valence-corrected chi connectivity index (χ2v) is 6.34. The summed E-state index contributed by atoms with van der Waals surface area (Å²) in [5.41, 5.74) is 2.62. The molecule has 9 nitrogen and oxygen atoms in total. The van der Waals surface area contributed by atoms with Crippen LogP contribution in [0.5, 0.6) is 5.75 Å². The third-order valence-corrected chi connectivity index (χ3v) is 4.41. The summed E-state index contributed by atoms with van der Waals surface area (Å²) in [6, 6.07) is 12.2. The first kappa shape index (κ1) is 19.0. The third-order valence-electron chi connectivity index (χ3n) is 3.45. The van der Waals surface area contributed by atoms with Crippen LogP contribution in [-0.4, -0.2) is 32.1 Å². The number of amides is 1. The maximum atomic E-state index is 12.0. The van der Waals surface area contributed by atoms with Crippen molar-refractivity contribution in [2.24, 2.45) is 5.10 Å². The fourth-order valence-electron chi connectivity index (χ4n) is 2.17. The van der Waals surface area contributed by atoms with Gasteiger partial charge >= 0.3 is 0 Å². The SMILES string of the molecule is O=C(N/N=C/c1ccc(Sc2ncccn2)c([N+](=O)[O-])c1)c1ccccc1O. The van der Waals surface area contributed by atoms with Gasteiger partial charge in [-0.15, -0.1) is 0 Å². The van der Waals surface area contributed by atoms with Crippen molar-refractivity contribution in [2.75, 3.05) is 0 Å². The van der Waals surface area contributed by atoms with Gasteiger partial charge in [-0.1, -0.05) is 18.2 Å². The van der Waals surface area contributed by atoms with Crippen LogP contribution in [0.4, 0.5) is 5.69 Å². The number of rotatable bonds is 6. The minimum Gasteiger partial charge on any atom is -0.507 e. The molecule has 1 amide bonds. The lowest BCUT2D eigenvalue weighted by atomic mass is 10.2. The van der Waals surface area contributed by atoms with Crippen LogP contribution in [0.2, 0.25) is 0 Å². The lowest BCUT2D eigenvalue weighted by Crippen LogP contribution is -2.17. The second kappa shape index (κ2) is 8.73. The number of carbonyl (C=O) groups is 1. The molecule has 28 heavy (non-hydrogen) atoms. The molecule has 3 rings (SSSR count). The zero-order valence-corrected chi connectivity index (χ0v) is 15.0. The van der Waals surface area contributed by atoms with Crippen molar-refractivity contribution in [1.29, 1.82) is 0 Å². The van der Waals surface area contributed by atoms with Gasteiger partial charge in [0, 0.05) is 24.0 Å². The topological polar surface area (TPSA) is 131 Å². The molecule has 0 aliphatic rings. The highest BCUT2D eigenvalue weighted by Crippen LogP contribution is 2.33. The van der Waals surface area contributed by atoms with Crippen molar-refractivity contribution in [2.45, 2.75) is 10.1 Å². The molecule has 0 spiro atoms. The summed E-state index contributed by atoms with van der Waals surface area (Å²) in [5, 5.41) is 25.2. The van der Waals surface area contributed by atoms with Crippen molar-refractivity contribution >= 4 is 29.6 Å². The van der Waals surface area contributed by atoms with E-state index >= 15 is 0 Å². The quantitative estimate of drug-likeness (QED) is 0.284. The van der Waals surface area contributed by atoms with Crippen molar-refractivity contribution in [1.82, 2.24) is 15.4 Å². The molecule has 0 bridgehead atoms. The molecule has 1 heterocycles. The Morgan fingerprint density at radius 3 is 2.64 bits per heavy atom. The maximum absolute atomic E-state index is 12.0. The molecule has 140 valence electrons. The van der Waals surface area contributed by atoms with Gasteiger partial charge in [0.15, 0.2) is 5.16 Å². The number of nitro benzene ring substituents is 1. The van der Waals surface area contributed by atoms with E-state index in [4.69, 9.17) is 0 Å². The minimum absolute atomic E-state index is 0.0697. The van der Waals surface area contributed by atoms with E-state index in [9.17, 15) is 20.0 Å². The predicted octanol–water partition coefficient (Wildman–Crippen LogP) is 3.01. The molecule has 0 aliphatic carbocycles. The molecule has 2 N–H and O–H groups in total. The van der Waals surface area contributed by atoms with Crippen LogP contribution in [-0.2, 0) is 0 Å². The Morgan fingerprint density at radius 1 is 1.18 bits per heavy atom. The van der Waals surface area contributed by atoms with Gasteiger partial charge in [0.25, 0.3) is 11.6 Å². The maximum Gasteiger partial charge on any atom is 0.283 e. The highest BCUT2D eigenvalue weighted by atomic mass is 32.2. The molecular weight excluding hydrogens is 382 g/mol. The van der Waals surface area contributed by atoms with Gasteiger partial charge in [0.2, 0.25) is 0 Å². The fourth-order valence-corrected chi connectivity index (χ4v) is 2.97. The number of nitro groups is 1. The Morgan fingerprint density at radius 2 is 1.93 bits per heavy atom. The average molecular weight is 395 g/mol. The average Bonchev–Trinajstić information content (AvgIpc) is 2.70. The van der Waals surface area contributed by atoms with Gasteiger partial charge in [-0.2, -0.15) is 5.10 Å². The zero-order chi connectivity index (χ0) is 19.9. The van der Waals surface area contributed by atoms with Crippen LogP contribution in [0.3, 0.4) is 0 Å². The number of para-hydroxylation sites is 1. The summed E-state index contributed by atoms with van der Waals surface area (Å²) in [6.07, 6.45) is 4.38. The highest BCUT2D eigenvalue weighted by molar-refractivity contribution is 7.99. The Balaban J connectivity index is 1.75. The van der Waals surface area contributed by atoms with Crippen molar-refractivity contribution in [3.63, 3.8) is 0 Å². The first-order chi connectivity index (χ1) is 13.5. The number of phenolic OH excluding ortho intramolecular Hbond substituents is 1. The zero-order valence-electron chi connectivity index (χ0n) is 14.2. The van der Waals surface area contributed by atoms with Crippen molar-refractivity contribution in [3.05, 3.63) is 82.2 Å². The van der Waals surface area contributed by atoms with E-state index in [2.05, 4.69) is 20.5 Å². The molecule has 0 saturated heterocycles. The molecule has 1 aromatic heterocycles. The summed E-state index contributed by atoms with van der Waals surface area (Å²) in [6.45, 7) is 0. The van der Waals surface area contributed by atoms with E-state index < -0.39 is 10.8 Å². The van der Waals surface area contributed by atoms with Gasteiger partial charge in [-0.05, 0) is 36.0 Å². The van der Waals surface area contributed by atoms with Crippen LogP contribution >= 0.6 is 11.8 Å².